The smallest absolute Gasteiger partial charge is 0.0924 e. The molecule has 0 heterocycles. The van der Waals surface area contributed by atoms with Crippen LogP contribution in [0.2, 0.25) is 0 Å². The molecule has 0 spiro atoms. The Labute approximate surface area is 164 Å². The predicted octanol–water partition coefficient (Wildman–Crippen LogP) is 5.26. The summed E-state index contributed by atoms with van der Waals surface area (Å²) in [4.78, 5) is 6.98. The molecule has 1 atom stereocenters. The van der Waals surface area contributed by atoms with Gasteiger partial charge in [-0.05, 0) is 63.1 Å². The molecule has 0 aromatic heterocycles. The molecular weight excluding hydrogens is 358 g/mol. The summed E-state index contributed by atoms with van der Waals surface area (Å²) in [6, 6.07) is 3.88. The first-order valence-corrected chi connectivity index (χ1v) is 10.7. The SMILES string of the molecule is C=C(/C=C\C=C(/C)OC)S(C)(=O)=Nc1cc(C)c(N=CN(C)CC)cc1C. The van der Waals surface area contributed by atoms with Crippen LogP contribution in [-0.2, 0) is 14.5 Å². The predicted molar refractivity (Wildman–Crippen MR) is 118 cm³/mol. The largest absolute Gasteiger partial charge is 0.501 e. The Morgan fingerprint density at radius 2 is 1.89 bits per heavy atom. The van der Waals surface area contributed by atoms with Crippen LogP contribution >= 0.6 is 0 Å². The van der Waals surface area contributed by atoms with Gasteiger partial charge < -0.3 is 9.64 Å². The lowest BCUT2D eigenvalue weighted by Gasteiger charge is -2.11. The van der Waals surface area contributed by atoms with Gasteiger partial charge in [0.2, 0.25) is 0 Å². The Hall–Kier alpha value is -2.34. The molecule has 1 rings (SSSR count). The molecular formula is C21H31N3O2S. The summed E-state index contributed by atoms with van der Waals surface area (Å²) in [5.41, 5.74) is 3.48. The van der Waals surface area contributed by atoms with Crippen molar-refractivity contribution in [2.45, 2.75) is 27.7 Å². The number of allylic oxidation sites excluding steroid dienone is 4. The van der Waals surface area contributed by atoms with Crippen molar-refractivity contribution in [1.29, 1.82) is 0 Å². The normalized spacial score (nSPS) is 14.4. The average Bonchev–Trinajstić information content (AvgIpc) is 2.62. The van der Waals surface area contributed by atoms with E-state index in [1.54, 1.807) is 31.6 Å². The highest BCUT2D eigenvalue weighted by molar-refractivity contribution is 7.97. The lowest BCUT2D eigenvalue weighted by atomic mass is 10.1. The number of aryl methyl sites for hydroxylation is 2. The monoisotopic (exact) mass is 389 g/mol. The van der Waals surface area contributed by atoms with Gasteiger partial charge in [0.15, 0.2) is 0 Å². The number of ether oxygens (including phenoxy) is 1. The van der Waals surface area contributed by atoms with Crippen molar-refractivity contribution in [3.63, 3.8) is 0 Å². The molecule has 1 unspecified atom stereocenters. The zero-order valence-corrected chi connectivity index (χ0v) is 18.3. The molecule has 0 aliphatic rings. The molecule has 0 fully saturated rings. The fourth-order valence-electron chi connectivity index (χ4n) is 2.00. The van der Waals surface area contributed by atoms with Crippen LogP contribution in [-0.4, -0.2) is 42.4 Å². The molecule has 0 aliphatic carbocycles. The van der Waals surface area contributed by atoms with E-state index in [-0.39, 0.29) is 0 Å². The number of rotatable bonds is 8. The van der Waals surface area contributed by atoms with Gasteiger partial charge in [-0.3, -0.25) is 0 Å². The van der Waals surface area contributed by atoms with E-state index in [2.05, 4.69) is 22.9 Å². The number of nitrogens with zero attached hydrogens (tertiary/aromatic N) is 3. The van der Waals surface area contributed by atoms with Crippen LogP contribution in [0.5, 0.6) is 0 Å². The molecule has 27 heavy (non-hydrogen) atoms. The zero-order valence-electron chi connectivity index (χ0n) is 17.4. The second-order valence-corrected chi connectivity index (χ2v) is 8.76. The molecule has 0 bridgehead atoms. The fourth-order valence-corrected chi connectivity index (χ4v) is 3.02. The summed E-state index contributed by atoms with van der Waals surface area (Å²) in [5.74, 6) is 0.759. The van der Waals surface area contributed by atoms with Crippen molar-refractivity contribution in [3.05, 3.63) is 58.7 Å². The molecule has 0 saturated heterocycles. The van der Waals surface area contributed by atoms with E-state index in [0.29, 0.717) is 10.6 Å². The van der Waals surface area contributed by atoms with Crippen molar-refractivity contribution < 1.29 is 8.95 Å². The van der Waals surface area contributed by atoms with Crippen molar-refractivity contribution in [2.24, 2.45) is 9.36 Å². The number of hydrogen-bond acceptors (Lipinski definition) is 4. The van der Waals surface area contributed by atoms with Gasteiger partial charge in [-0.1, -0.05) is 12.7 Å². The fraction of sp³-hybridized carbons (Fsp3) is 0.381. The van der Waals surface area contributed by atoms with Crippen LogP contribution < -0.4 is 0 Å². The molecule has 6 heteroatoms. The number of hydrogen-bond donors (Lipinski definition) is 0. The molecule has 0 N–H and O–H groups in total. The third kappa shape index (κ3) is 7.06. The molecule has 1 aromatic carbocycles. The minimum Gasteiger partial charge on any atom is -0.501 e. The maximum Gasteiger partial charge on any atom is 0.0924 e. The number of benzene rings is 1. The second kappa shape index (κ2) is 10.1. The molecule has 0 aliphatic heterocycles. The Morgan fingerprint density at radius 3 is 2.48 bits per heavy atom. The molecule has 0 saturated carbocycles. The van der Waals surface area contributed by atoms with E-state index in [9.17, 15) is 4.21 Å². The summed E-state index contributed by atoms with van der Waals surface area (Å²) in [6.45, 7) is 12.6. The molecule has 148 valence electrons. The van der Waals surface area contributed by atoms with Crippen molar-refractivity contribution in [3.8, 4) is 0 Å². The van der Waals surface area contributed by atoms with Gasteiger partial charge in [0, 0.05) is 24.8 Å². The standard InChI is InChI=1S/C21H31N3O2S/c1-9-24(6)15-22-20-13-17(3)21(14-16(20)2)23-27(8,25)19(5)12-10-11-18(4)26-7/h10-15H,5,9H2,1-4,6-8H3/b12-10-,18-11+,22-15?. The summed E-state index contributed by atoms with van der Waals surface area (Å²) in [6.07, 6.45) is 8.67. The third-order valence-electron chi connectivity index (χ3n) is 4.10. The Bertz CT molecular complexity index is 889. The molecule has 5 nitrogen and oxygen atoms in total. The van der Waals surface area contributed by atoms with Gasteiger partial charge in [0.1, 0.15) is 0 Å². The van der Waals surface area contributed by atoms with Crippen LogP contribution in [0.15, 0.2) is 57.0 Å². The highest BCUT2D eigenvalue weighted by Gasteiger charge is 2.09. The quantitative estimate of drug-likeness (QED) is 0.264. The van der Waals surface area contributed by atoms with Crippen molar-refractivity contribution >= 4 is 27.4 Å². The van der Waals surface area contributed by atoms with Crippen LogP contribution in [0.1, 0.15) is 25.0 Å². The number of aliphatic imine (C=N–C) groups is 1. The minimum absolute atomic E-state index is 0.464. The third-order valence-corrected chi connectivity index (χ3v) is 5.76. The average molecular weight is 390 g/mol. The topological polar surface area (TPSA) is 54.3 Å². The van der Waals surface area contributed by atoms with E-state index in [1.165, 1.54) is 0 Å². The lowest BCUT2D eigenvalue weighted by molar-refractivity contribution is 0.294. The highest BCUT2D eigenvalue weighted by atomic mass is 32.2. The van der Waals surface area contributed by atoms with Crippen LogP contribution in [0.25, 0.3) is 0 Å². The Morgan fingerprint density at radius 1 is 1.30 bits per heavy atom. The van der Waals surface area contributed by atoms with Crippen LogP contribution in [0.3, 0.4) is 0 Å². The Kier molecular flexibility index (Phi) is 8.50. The Balaban J connectivity index is 3.18. The van der Waals surface area contributed by atoms with Crippen LogP contribution in [0.4, 0.5) is 11.4 Å². The molecule has 0 radical (unpaired) electrons. The first-order chi connectivity index (χ1) is 12.6. The van der Waals surface area contributed by atoms with E-state index >= 15 is 0 Å². The first kappa shape index (κ1) is 22.7. The van der Waals surface area contributed by atoms with Gasteiger partial charge in [-0.2, -0.15) is 4.36 Å². The lowest BCUT2D eigenvalue weighted by Crippen LogP contribution is -2.14. The molecule has 0 amide bonds. The van der Waals surface area contributed by atoms with Crippen molar-refractivity contribution in [2.75, 3.05) is 27.0 Å². The summed E-state index contributed by atoms with van der Waals surface area (Å²) in [5, 5.41) is 0. The second-order valence-electron chi connectivity index (χ2n) is 6.44. The molecule has 1 aromatic rings. The van der Waals surface area contributed by atoms with E-state index in [1.807, 2.05) is 51.2 Å². The highest BCUT2D eigenvalue weighted by Crippen LogP contribution is 2.30. The maximum absolute atomic E-state index is 13.0. The summed E-state index contributed by atoms with van der Waals surface area (Å²) in [7, 11) is 0.957. The van der Waals surface area contributed by atoms with E-state index in [4.69, 9.17) is 4.74 Å². The van der Waals surface area contributed by atoms with Gasteiger partial charge >= 0.3 is 0 Å². The van der Waals surface area contributed by atoms with Crippen molar-refractivity contribution in [1.82, 2.24) is 4.90 Å². The first-order valence-electron chi connectivity index (χ1n) is 8.76. The zero-order chi connectivity index (χ0) is 20.6. The van der Waals surface area contributed by atoms with Crippen LogP contribution in [0, 0.1) is 13.8 Å². The maximum atomic E-state index is 13.0. The van der Waals surface area contributed by atoms with Gasteiger partial charge in [-0.25, -0.2) is 9.20 Å². The van der Waals surface area contributed by atoms with E-state index in [0.717, 1.165) is 29.1 Å². The number of methoxy groups -OCH3 is 1. The van der Waals surface area contributed by atoms with Gasteiger partial charge in [0.25, 0.3) is 0 Å². The summed E-state index contributed by atoms with van der Waals surface area (Å²) < 4.78 is 22.5. The van der Waals surface area contributed by atoms with Gasteiger partial charge in [-0.15, -0.1) is 0 Å². The minimum atomic E-state index is -2.62. The van der Waals surface area contributed by atoms with E-state index < -0.39 is 9.73 Å². The van der Waals surface area contributed by atoms with Gasteiger partial charge in [0.05, 0.1) is 40.3 Å². The summed E-state index contributed by atoms with van der Waals surface area (Å²) >= 11 is 0.